The van der Waals surface area contributed by atoms with E-state index in [1.165, 1.54) is 73.8 Å². The van der Waals surface area contributed by atoms with Crippen molar-refractivity contribution in [1.82, 2.24) is 0 Å². The van der Waals surface area contributed by atoms with Crippen LogP contribution in [0.25, 0.3) is 0 Å². The molecular formula is C64H56O18. The van der Waals surface area contributed by atoms with Crippen molar-refractivity contribution < 1.29 is 85.6 Å². The lowest BCUT2D eigenvalue weighted by atomic mass is 9.95. The second kappa shape index (κ2) is 28.1. The Kier molecular flexibility index (Phi) is 19.6. The molecule has 7 aromatic carbocycles. The number of esters is 6. The van der Waals surface area contributed by atoms with Crippen molar-refractivity contribution in [3.63, 3.8) is 0 Å². The molecule has 0 N–H and O–H groups in total. The number of ether oxygens (including phenoxy) is 12. The number of rotatable bonds is 22. The molecule has 0 saturated carbocycles. The van der Waals surface area contributed by atoms with E-state index in [0.717, 1.165) is 0 Å². The highest BCUT2D eigenvalue weighted by atomic mass is 16.8. The molecular weight excluding hydrogens is 1060 g/mol. The number of methoxy groups -OCH3 is 1. The molecule has 420 valence electrons. The minimum Gasteiger partial charge on any atom is -0.497 e. The zero-order valence-corrected chi connectivity index (χ0v) is 44.2. The van der Waals surface area contributed by atoms with E-state index in [1.54, 1.807) is 146 Å². The summed E-state index contributed by atoms with van der Waals surface area (Å²) in [5.41, 5.74) is 0.640. The number of benzene rings is 7. The molecule has 0 aliphatic carbocycles. The number of carbonyl (C=O) groups excluding carboxylic acids is 6. The molecule has 2 fully saturated rings. The van der Waals surface area contributed by atoms with Gasteiger partial charge in [0.2, 0.25) is 12.4 Å². The SMILES string of the molecule is C=CCO[C@@H]1[C@H](OC(=O)c2ccccc2)[C@@H](OC(=O)c2ccccc2)[C@H](O[C@H]2[C@H](OC(=O)c3ccccc3)[C@@H](OC(=O)c3ccccc3)[C@H](Oc3ccc(OC)cc3)O[C@@H]2COC(=O)c2ccccc2)O[C@@H]1COC(=O)c1ccccc1. The summed E-state index contributed by atoms with van der Waals surface area (Å²) in [5.74, 6) is -4.61. The van der Waals surface area contributed by atoms with Gasteiger partial charge in [0.25, 0.3) is 0 Å². The van der Waals surface area contributed by atoms with E-state index >= 15 is 0 Å². The fourth-order valence-corrected chi connectivity index (χ4v) is 8.93. The topological polar surface area (TPSA) is 213 Å². The van der Waals surface area contributed by atoms with E-state index in [9.17, 15) is 28.8 Å². The monoisotopic (exact) mass is 1110 g/mol. The van der Waals surface area contributed by atoms with Crippen molar-refractivity contribution in [2.24, 2.45) is 0 Å². The normalized spacial score (nSPS) is 22.0. The van der Waals surface area contributed by atoms with Crippen LogP contribution in [0.5, 0.6) is 11.5 Å². The summed E-state index contributed by atoms with van der Waals surface area (Å²) in [6.45, 7) is 2.36. The van der Waals surface area contributed by atoms with Gasteiger partial charge in [-0.3, -0.25) is 0 Å². The van der Waals surface area contributed by atoms with Crippen molar-refractivity contribution in [3.05, 3.63) is 252 Å². The van der Waals surface area contributed by atoms with E-state index in [-0.39, 0.29) is 45.7 Å². The largest absolute Gasteiger partial charge is 0.497 e. The van der Waals surface area contributed by atoms with Gasteiger partial charge in [-0.2, -0.15) is 0 Å². The van der Waals surface area contributed by atoms with Gasteiger partial charge in [0.05, 0.1) is 47.1 Å². The Labute approximate surface area is 471 Å². The summed E-state index contributed by atoms with van der Waals surface area (Å²) < 4.78 is 76.1. The van der Waals surface area contributed by atoms with Gasteiger partial charge in [0.1, 0.15) is 49.1 Å². The van der Waals surface area contributed by atoms with Crippen LogP contribution >= 0.6 is 0 Å². The van der Waals surface area contributed by atoms with Crippen LogP contribution in [0, 0.1) is 0 Å². The van der Waals surface area contributed by atoms with E-state index in [1.807, 2.05) is 0 Å². The first-order valence-corrected chi connectivity index (χ1v) is 26.0. The maximum atomic E-state index is 14.7. The molecule has 2 heterocycles. The van der Waals surface area contributed by atoms with Gasteiger partial charge >= 0.3 is 35.8 Å². The van der Waals surface area contributed by atoms with E-state index in [4.69, 9.17) is 56.8 Å². The van der Waals surface area contributed by atoms with E-state index in [0.29, 0.717) is 5.75 Å². The molecule has 9 rings (SSSR count). The highest BCUT2D eigenvalue weighted by Gasteiger charge is 2.58. The molecule has 10 atom stereocenters. The lowest BCUT2D eigenvalue weighted by Gasteiger charge is -2.49. The molecule has 0 radical (unpaired) electrons. The van der Waals surface area contributed by atoms with Gasteiger partial charge < -0.3 is 56.8 Å². The molecule has 0 unspecified atom stereocenters. The van der Waals surface area contributed by atoms with Gasteiger partial charge in [0, 0.05) is 0 Å². The molecule has 0 bridgehead atoms. The van der Waals surface area contributed by atoms with E-state index < -0.39 is 110 Å². The molecule has 0 amide bonds. The molecule has 2 aliphatic rings. The third kappa shape index (κ3) is 14.7. The lowest BCUT2D eigenvalue weighted by molar-refractivity contribution is -0.351. The summed E-state index contributed by atoms with van der Waals surface area (Å²) in [4.78, 5) is 85.5. The molecule has 2 saturated heterocycles. The number of hydrogen-bond donors (Lipinski definition) is 0. The maximum Gasteiger partial charge on any atom is 0.338 e. The minimum absolute atomic E-state index is 0.0551. The Morgan fingerprint density at radius 3 is 1.09 bits per heavy atom. The van der Waals surface area contributed by atoms with Crippen molar-refractivity contribution in [2.45, 2.75) is 61.4 Å². The van der Waals surface area contributed by atoms with Crippen LogP contribution < -0.4 is 9.47 Å². The average Bonchev–Trinajstić information content (AvgIpc) is 3.70. The van der Waals surface area contributed by atoms with Crippen molar-refractivity contribution in [3.8, 4) is 11.5 Å². The third-order valence-electron chi connectivity index (χ3n) is 13.0. The molecule has 18 heteroatoms. The molecule has 2 aliphatic heterocycles. The van der Waals surface area contributed by atoms with Crippen LogP contribution in [0.15, 0.2) is 219 Å². The zero-order chi connectivity index (χ0) is 57.2. The summed E-state index contributed by atoms with van der Waals surface area (Å²) in [6, 6.07) is 54.2. The van der Waals surface area contributed by atoms with Crippen LogP contribution in [0.1, 0.15) is 62.1 Å². The van der Waals surface area contributed by atoms with Crippen LogP contribution in [0.2, 0.25) is 0 Å². The molecule has 82 heavy (non-hydrogen) atoms. The predicted octanol–water partition coefficient (Wildman–Crippen LogP) is 9.10. The number of hydrogen-bond acceptors (Lipinski definition) is 18. The lowest BCUT2D eigenvalue weighted by Crippen LogP contribution is -2.67. The Balaban J connectivity index is 1.20. The molecule has 18 nitrogen and oxygen atoms in total. The fourth-order valence-electron chi connectivity index (χ4n) is 8.93. The highest BCUT2D eigenvalue weighted by molar-refractivity contribution is 5.92. The molecule has 7 aromatic rings. The second-order valence-corrected chi connectivity index (χ2v) is 18.4. The summed E-state index contributed by atoms with van der Waals surface area (Å²) >= 11 is 0. The van der Waals surface area contributed by atoms with Crippen LogP contribution in [0.3, 0.4) is 0 Å². The van der Waals surface area contributed by atoms with Crippen LogP contribution in [-0.4, -0.2) is 124 Å². The number of carbonyl (C=O) groups is 6. The maximum absolute atomic E-state index is 14.7. The van der Waals surface area contributed by atoms with Crippen molar-refractivity contribution >= 4 is 35.8 Å². The van der Waals surface area contributed by atoms with E-state index in [2.05, 4.69) is 6.58 Å². The fraction of sp³-hybridized carbons (Fsp3) is 0.219. The molecule has 0 aromatic heterocycles. The first-order valence-electron chi connectivity index (χ1n) is 26.0. The Morgan fingerprint density at radius 2 is 0.707 bits per heavy atom. The smallest absolute Gasteiger partial charge is 0.338 e. The van der Waals surface area contributed by atoms with Gasteiger partial charge in [-0.1, -0.05) is 115 Å². The summed E-state index contributed by atoms with van der Waals surface area (Å²) in [6.07, 6.45) is -15.5. The van der Waals surface area contributed by atoms with Gasteiger partial charge in [0.15, 0.2) is 24.6 Å². The van der Waals surface area contributed by atoms with Gasteiger partial charge in [-0.05, 0) is 97.1 Å². The summed E-state index contributed by atoms with van der Waals surface area (Å²) in [5, 5.41) is 0. The second-order valence-electron chi connectivity index (χ2n) is 18.4. The predicted molar refractivity (Wildman–Crippen MR) is 292 cm³/mol. The minimum atomic E-state index is -1.95. The quantitative estimate of drug-likeness (QED) is 0.0351. The summed E-state index contributed by atoms with van der Waals surface area (Å²) in [7, 11) is 1.49. The zero-order valence-electron chi connectivity index (χ0n) is 44.2. The van der Waals surface area contributed by atoms with Crippen LogP contribution in [-0.2, 0) is 47.4 Å². The van der Waals surface area contributed by atoms with Crippen molar-refractivity contribution in [2.75, 3.05) is 26.9 Å². The van der Waals surface area contributed by atoms with Gasteiger partial charge in [-0.15, -0.1) is 6.58 Å². The van der Waals surface area contributed by atoms with Crippen molar-refractivity contribution in [1.29, 1.82) is 0 Å². The Bertz CT molecular complexity index is 3220. The third-order valence-corrected chi connectivity index (χ3v) is 13.0. The highest BCUT2D eigenvalue weighted by Crippen LogP contribution is 2.37. The molecule has 0 spiro atoms. The standard InChI is InChI=1S/C64H56O18/c1-3-38-72-51-49(39-73-57(65)41-22-10-4-11-23-41)76-64(55(80-61(69)45-30-18-8-19-31-45)53(51)78-59(67)43-26-14-6-15-27-43)82-52-50(40-74-58(66)42-24-12-5-13-25-42)77-63(75-48-36-34-47(71-2)35-37-48)56(81-62(70)46-32-20-9-21-33-46)54(52)79-60(68)44-28-16-7-17-29-44/h3-37,49-56,63-64H,1,38-40H2,2H3/t49-,50-,51+,52-,53+,54+,55-,56-,63-,64+/m1/s1. The average molecular weight is 1110 g/mol. The Hall–Kier alpha value is -9.46. The Morgan fingerprint density at radius 1 is 0.390 bits per heavy atom. The van der Waals surface area contributed by atoms with Crippen LogP contribution in [0.4, 0.5) is 0 Å². The first kappa shape index (κ1) is 57.2. The first-order chi connectivity index (χ1) is 40.1. The van der Waals surface area contributed by atoms with Gasteiger partial charge in [-0.25, -0.2) is 28.8 Å².